The van der Waals surface area contributed by atoms with Crippen molar-refractivity contribution in [3.05, 3.63) is 29.8 Å². The lowest BCUT2D eigenvalue weighted by Gasteiger charge is -2.33. The predicted octanol–water partition coefficient (Wildman–Crippen LogP) is 4.52. The van der Waals surface area contributed by atoms with E-state index in [9.17, 15) is 8.42 Å². The van der Waals surface area contributed by atoms with Crippen molar-refractivity contribution in [3.8, 4) is 0 Å². The molecule has 0 radical (unpaired) electrons. The van der Waals surface area contributed by atoms with E-state index < -0.39 is 10.1 Å². The van der Waals surface area contributed by atoms with Gasteiger partial charge in [0.1, 0.15) is 0 Å². The zero-order valence-corrected chi connectivity index (χ0v) is 14.9. The lowest BCUT2D eigenvalue weighted by atomic mass is 9.72. The minimum atomic E-state index is -3.62. The molecule has 0 amide bonds. The summed E-state index contributed by atoms with van der Waals surface area (Å²) in [5.41, 5.74) is 1.37. The molecule has 4 heteroatoms. The molecule has 0 N–H and O–H groups in total. The highest BCUT2D eigenvalue weighted by atomic mass is 32.2. The molecular formula is C17H28O3S. The van der Waals surface area contributed by atoms with E-state index in [0.717, 1.165) is 12.0 Å². The van der Waals surface area contributed by atoms with Gasteiger partial charge in [0.2, 0.25) is 0 Å². The van der Waals surface area contributed by atoms with Crippen LogP contribution in [0.15, 0.2) is 29.2 Å². The summed E-state index contributed by atoms with van der Waals surface area (Å²) in [5.74, 6) is 0. The van der Waals surface area contributed by atoms with Gasteiger partial charge >= 0.3 is 0 Å². The van der Waals surface area contributed by atoms with Gasteiger partial charge in [0.05, 0.1) is 11.5 Å². The van der Waals surface area contributed by atoms with E-state index in [1.807, 2.05) is 19.1 Å². The second-order valence-corrected chi connectivity index (χ2v) is 9.04. The van der Waals surface area contributed by atoms with E-state index in [1.165, 1.54) is 0 Å². The molecule has 0 spiro atoms. The fourth-order valence-electron chi connectivity index (χ4n) is 2.76. The molecule has 0 saturated carbocycles. The quantitative estimate of drug-likeness (QED) is 0.726. The van der Waals surface area contributed by atoms with Crippen molar-refractivity contribution in [1.82, 2.24) is 0 Å². The second-order valence-electron chi connectivity index (χ2n) is 7.42. The third-order valence-electron chi connectivity index (χ3n) is 3.34. The zero-order chi connectivity index (χ0) is 16.3. The van der Waals surface area contributed by atoms with Crippen LogP contribution in [0, 0.1) is 5.41 Å². The van der Waals surface area contributed by atoms with Gasteiger partial charge in [0, 0.05) is 0 Å². The largest absolute Gasteiger partial charge is 0.296 e. The highest BCUT2D eigenvalue weighted by Gasteiger charge is 2.27. The monoisotopic (exact) mass is 312 g/mol. The third kappa shape index (κ3) is 5.44. The molecule has 0 aliphatic heterocycles. The minimum absolute atomic E-state index is 0.00478. The second kappa shape index (κ2) is 6.49. The first kappa shape index (κ1) is 18.2. The number of hydrogen-bond acceptors (Lipinski definition) is 3. The Morgan fingerprint density at radius 1 is 1.00 bits per heavy atom. The molecule has 0 fully saturated rings. The molecule has 0 aliphatic rings. The van der Waals surface area contributed by atoms with Crippen LogP contribution in [-0.4, -0.2) is 15.0 Å². The summed E-state index contributed by atoms with van der Waals surface area (Å²) in [5, 5.41) is 0. The minimum Gasteiger partial charge on any atom is -0.266 e. The van der Waals surface area contributed by atoms with E-state index in [-0.39, 0.29) is 22.3 Å². The molecule has 0 heterocycles. The molecule has 0 aromatic heterocycles. The van der Waals surface area contributed by atoms with Gasteiger partial charge in [0.15, 0.2) is 0 Å². The topological polar surface area (TPSA) is 43.4 Å². The predicted molar refractivity (Wildman–Crippen MR) is 87.0 cm³/mol. The van der Waals surface area contributed by atoms with Crippen LogP contribution < -0.4 is 0 Å². The van der Waals surface area contributed by atoms with Gasteiger partial charge in [-0.1, -0.05) is 53.7 Å². The van der Waals surface area contributed by atoms with Gasteiger partial charge in [0.25, 0.3) is 10.1 Å². The van der Waals surface area contributed by atoms with Crippen LogP contribution in [0.2, 0.25) is 0 Å². The summed E-state index contributed by atoms with van der Waals surface area (Å²) >= 11 is 0. The molecule has 0 aliphatic carbocycles. The molecule has 1 aromatic rings. The molecule has 0 saturated heterocycles. The average Bonchev–Trinajstić information content (AvgIpc) is 2.34. The zero-order valence-electron chi connectivity index (χ0n) is 14.1. The maximum atomic E-state index is 12.0. The maximum absolute atomic E-state index is 12.0. The summed E-state index contributed by atoms with van der Waals surface area (Å²) in [6, 6.07) is 7.08. The van der Waals surface area contributed by atoms with Crippen molar-refractivity contribution < 1.29 is 12.6 Å². The molecular weight excluding hydrogens is 284 g/mol. The highest BCUT2D eigenvalue weighted by molar-refractivity contribution is 7.86. The first-order chi connectivity index (χ1) is 9.48. The fourth-order valence-corrected chi connectivity index (χ4v) is 3.75. The highest BCUT2D eigenvalue weighted by Crippen LogP contribution is 2.36. The van der Waals surface area contributed by atoms with Crippen LogP contribution in [0.25, 0.3) is 0 Å². The van der Waals surface area contributed by atoms with Crippen LogP contribution >= 0.6 is 0 Å². The first-order valence-electron chi connectivity index (χ1n) is 7.48. The van der Waals surface area contributed by atoms with Gasteiger partial charge in [-0.25, -0.2) is 0 Å². The molecule has 120 valence electrons. The van der Waals surface area contributed by atoms with Crippen molar-refractivity contribution in [3.63, 3.8) is 0 Å². The van der Waals surface area contributed by atoms with Crippen LogP contribution in [0.4, 0.5) is 0 Å². The maximum Gasteiger partial charge on any atom is 0.296 e. The molecule has 0 unspecified atom stereocenters. The Labute approximate surface area is 129 Å². The molecule has 1 rings (SSSR count). The summed E-state index contributed by atoms with van der Waals surface area (Å²) in [7, 11) is -3.62. The normalized spacial score (nSPS) is 13.4. The van der Waals surface area contributed by atoms with Crippen LogP contribution in [0.3, 0.4) is 0 Å². The first-order valence-corrected chi connectivity index (χ1v) is 8.89. The van der Waals surface area contributed by atoms with Gasteiger partial charge in [-0.05, 0) is 41.4 Å². The molecule has 3 nitrogen and oxygen atoms in total. The van der Waals surface area contributed by atoms with Gasteiger partial charge in [-0.2, -0.15) is 8.42 Å². The Morgan fingerprint density at radius 3 is 1.95 bits per heavy atom. The fraction of sp³-hybridized carbons (Fsp3) is 0.647. The lowest BCUT2D eigenvalue weighted by molar-refractivity contribution is 0.284. The van der Waals surface area contributed by atoms with E-state index in [0.29, 0.717) is 6.42 Å². The van der Waals surface area contributed by atoms with Crippen LogP contribution in [-0.2, 0) is 19.7 Å². The van der Waals surface area contributed by atoms with Crippen molar-refractivity contribution in [1.29, 1.82) is 0 Å². The van der Waals surface area contributed by atoms with Crippen molar-refractivity contribution in [2.45, 2.75) is 64.7 Å². The molecule has 0 bridgehead atoms. The van der Waals surface area contributed by atoms with E-state index >= 15 is 0 Å². The third-order valence-corrected chi connectivity index (χ3v) is 4.67. The Bertz CT molecular complexity index is 549. The number of hydrogen-bond donors (Lipinski definition) is 0. The van der Waals surface area contributed by atoms with Gasteiger partial charge in [-0.15, -0.1) is 0 Å². The lowest BCUT2D eigenvalue weighted by Crippen LogP contribution is -2.24. The summed E-state index contributed by atoms with van der Waals surface area (Å²) < 4.78 is 28.9. The Hall–Kier alpha value is -0.870. The Morgan fingerprint density at radius 2 is 1.52 bits per heavy atom. The number of rotatable bonds is 6. The van der Waals surface area contributed by atoms with Gasteiger partial charge in [-0.3, -0.25) is 4.18 Å². The van der Waals surface area contributed by atoms with E-state index in [1.54, 1.807) is 12.1 Å². The Kier molecular flexibility index (Phi) is 5.62. The average molecular weight is 312 g/mol. The number of benzene rings is 1. The van der Waals surface area contributed by atoms with Crippen LogP contribution in [0.1, 0.15) is 59.9 Å². The van der Waals surface area contributed by atoms with E-state index in [2.05, 4.69) is 34.6 Å². The summed E-state index contributed by atoms with van der Waals surface area (Å²) in [6.45, 7) is 13.1. The van der Waals surface area contributed by atoms with Crippen molar-refractivity contribution >= 4 is 10.1 Å². The summed E-state index contributed by atoms with van der Waals surface area (Å²) in [4.78, 5) is 0.228. The summed E-state index contributed by atoms with van der Waals surface area (Å²) in [6.07, 6.45) is 1.70. The van der Waals surface area contributed by atoms with E-state index in [4.69, 9.17) is 4.18 Å². The van der Waals surface area contributed by atoms with Crippen LogP contribution in [0.5, 0.6) is 0 Å². The van der Waals surface area contributed by atoms with Gasteiger partial charge < -0.3 is 0 Å². The smallest absolute Gasteiger partial charge is 0.266 e. The Balaban J connectivity index is 2.97. The SMILES string of the molecule is CCCOS(=O)(=O)c1ccc(C(C)(C)CC(C)(C)C)cc1. The standard InChI is InChI=1S/C17H28O3S/c1-7-12-20-21(18,19)15-10-8-14(9-11-15)17(5,6)13-16(2,3)4/h8-11H,7,12-13H2,1-6H3. The molecule has 21 heavy (non-hydrogen) atoms. The van der Waals surface area contributed by atoms with Crippen molar-refractivity contribution in [2.75, 3.05) is 6.61 Å². The molecule has 0 atom stereocenters. The molecule has 1 aromatic carbocycles. The van der Waals surface area contributed by atoms with Crippen molar-refractivity contribution in [2.24, 2.45) is 5.41 Å².